The monoisotopic (exact) mass is 369 g/mol. The van der Waals surface area contributed by atoms with E-state index in [9.17, 15) is 9.18 Å². The molecule has 2 aromatic rings. The maximum absolute atomic E-state index is 13.6. The van der Waals surface area contributed by atoms with Crippen molar-refractivity contribution >= 4 is 39.3 Å². The zero-order valence-electron chi connectivity index (χ0n) is 11.2. The second-order valence-corrected chi connectivity index (χ2v) is 5.88. The molecule has 0 aliphatic carbocycles. The van der Waals surface area contributed by atoms with E-state index in [1.807, 2.05) is 30.5 Å². The van der Waals surface area contributed by atoms with Gasteiger partial charge in [0.15, 0.2) is 18.2 Å². The van der Waals surface area contributed by atoms with Crippen LogP contribution in [-0.2, 0) is 4.79 Å². The minimum Gasteiger partial charge on any atom is -0.481 e. The Morgan fingerprint density at radius 3 is 2.81 bits per heavy atom. The molecule has 0 aliphatic rings. The molecule has 0 saturated carbocycles. The molecule has 0 spiro atoms. The van der Waals surface area contributed by atoms with Gasteiger partial charge in [-0.05, 0) is 36.6 Å². The summed E-state index contributed by atoms with van der Waals surface area (Å²) in [6.45, 7) is -0.249. The van der Waals surface area contributed by atoms with Crippen LogP contribution in [0.25, 0.3) is 0 Å². The molecule has 0 radical (unpaired) electrons. The molecule has 0 unspecified atom stereocenters. The predicted molar refractivity (Wildman–Crippen MR) is 86.4 cm³/mol. The zero-order chi connectivity index (χ0) is 15.2. The van der Waals surface area contributed by atoms with Crippen LogP contribution in [0.3, 0.4) is 0 Å². The number of anilines is 1. The summed E-state index contributed by atoms with van der Waals surface area (Å²) in [6, 6.07) is 11.9. The number of carbonyl (C=O) groups is 1. The van der Waals surface area contributed by atoms with Gasteiger partial charge in [-0.25, -0.2) is 4.39 Å². The molecule has 0 fully saturated rings. The van der Waals surface area contributed by atoms with Crippen molar-refractivity contribution in [2.24, 2.45) is 0 Å². The first-order valence-corrected chi connectivity index (χ1v) is 8.12. The fourth-order valence-corrected chi connectivity index (χ4v) is 2.56. The Kier molecular flexibility index (Phi) is 5.64. The first-order valence-electron chi connectivity index (χ1n) is 6.11. The number of amides is 1. The molecule has 0 aromatic heterocycles. The van der Waals surface area contributed by atoms with Gasteiger partial charge in [0.2, 0.25) is 0 Å². The Morgan fingerprint density at radius 2 is 2.10 bits per heavy atom. The fourth-order valence-electron chi connectivity index (χ4n) is 1.67. The third kappa shape index (κ3) is 4.47. The largest absolute Gasteiger partial charge is 0.481 e. The van der Waals surface area contributed by atoms with E-state index in [-0.39, 0.29) is 18.3 Å². The van der Waals surface area contributed by atoms with Crippen molar-refractivity contribution in [3.8, 4) is 5.75 Å². The second kappa shape index (κ2) is 7.47. The molecule has 0 heterocycles. The van der Waals surface area contributed by atoms with Crippen LogP contribution in [-0.4, -0.2) is 18.8 Å². The number of benzene rings is 2. The summed E-state index contributed by atoms with van der Waals surface area (Å²) in [5, 5.41) is 2.75. The van der Waals surface area contributed by atoms with Gasteiger partial charge < -0.3 is 10.1 Å². The van der Waals surface area contributed by atoms with Crippen molar-refractivity contribution in [3.63, 3.8) is 0 Å². The van der Waals surface area contributed by atoms with Crippen LogP contribution in [0.2, 0.25) is 0 Å². The Labute approximate surface area is 135 Å². The lowest BCUT2D eigenvalue weighted by Crippen LogP contribution is -2.20. The summed E-state index contributed by atoms with van der Waals surface area (Å²) in [4.78, 5) is 12.8. The highest BCUT2D eigenvalue weighted by Crippen LogP contribution is 2.25. The summed E-state index contributed by atoms with van der Waals surface area (Å²) in [7, 11) is 0. The highest BCUT2D eigenvalue weighted by atomic mass is 79.9. The van der Waals surface area contributed by atoms with Gasteiger partial charge >= 0.3 is 0 Å². The summed E-state index contributed by atoms with van der Waals surface area (Å²) in [5.74, 6) is -0.799. The number of thioether (sulfide) groups is 1. The average molecular weight is 370 g/mol. The van der Waals surface area contributed by atoms with Crippen molar-refractivity contribution in [2.75, 3.05) is 18.2 Å². The molecule has 1 N–H and O–H groups in total. The van der Waals surface area contributed by atoms with Crippen LogP contribution in [0.5, 0.6) is 5.75 Å². The van der Waals surface area contributed by atoms with E-state index >= 15 is 0 Å². The van der Waals surface area contributed by atoms with Crippen molar-refractivity contribution in [1.29, 1.82) is 0 Å². The first-order chi connectivity index (χ1) is 10.1. The molecule has 3 nitrogen and oxygen atoms in total. The average Bonchev–Trinajstić information content (AvgIpc) is 2.47. The Balaban J connectivity index is 1.96. The minimum absolute atomic E-state index is 0.0477. The molecule has 2 aromatic carbocycles. The fraction of sp³-hybridized carbons (Fsp3) is 0.133. The number of carbonyl (C=O) groups excluding carboxylic acids is 1. The van der Waals surface area contributed by atoms with Crippen molar-refractivity contribution < 1.29 is 13.9 Å². The number of nitrogens with one attached hydrogen (secondary N) is 1. The number of para-hydroxylation sites is 1. The van der Waals surface area contributed by atoms with Crippen molar-refractivity contribution in [1.82, 2.24) is 0 Å². The van der Waals surface area contributed by atoms with Crippen LogP contribution in [0, 0.1) is 5.82 Å². The quantitative estimate of drug-likeness (QED) is 0.797. The summed E-state index contributed by atoms with van der Waals surface area (Å²) in [5.41, 5.74) is 0.717. The van der Waals surface area contributed by atoms with Crippen LogP contribution in [0.1, 0.15) is 0 Å². The highest BCUT2D eigenvalue weighted by molar-refractivity contribution is 9.10. The lowest BCUT2D eigenvalue weighted by atomic mass is 10.3. The summed E-state index contributed by atoms with van der Waals surface area (Å²) >= 11 is 4.69. The lowest BCUT2D eigenvalue weighted by Gasteiger charge is -2.10. The van der Waals surface area contributed by atoms with Gasteiger partial charge in [-0.2, -0.15) is 0 Å². The Hall–Kier alpha value is -1.53. The van der Waals surface area contributed by atoms with E-state index in [4.69, 9.17) is 4.74 Å². The maximum Gasteiger partial charge on any atom is 0.262 e. The molecular formula is C15H13BrFNO2S. The first kappa shape index (κ1) is 15.9. The molecule has 0 bridgehead atoms. The minimum atomic E-state index is -0.512. The van der Waals surface area contributed by atoms with E-state index in [0.29, 0.717) is 4.47 Å². The van der Waals surface area contributed by atoms with Gasteiger partial charge in [-0.15, -0.1) is 11.8 Å². The number of rotatable bonds is 5. The molecular weight excluding hydrogens is 357 g/mol. The van der Waals surface area contributed by atoms with E-state index in [2.05, 4.69) is 21.2 Å². The van der Waals surface area contributed by atoms with E-state index in [1.165, 1.54) is 23.9 Å². The van der Waals surface area contributed by atoms with Crippen molar-refractivity contribution in [3.05, 3.63) is 52.8 Å². The lowest BCUT2D eigenvalue weighted by molar-refractivity contribution is -0.118. The maximum atomic E-state index is 13.6. The highest BCUT2D eigenvalue weighted by Gasteiger charge is 2.09. The molecule has 0 saturated heterocycles. The predicted octanol–water partition coefficient (Wildman–Crippen LogP) is 4.33. The van der Waals surface area contributed by atoms with E-state index in [1.54, 1.807) is 6.07 Å². The van der Waals surface area contributed by atoms with Crippen LogP contribution >= 0.6 is 27.7 Å². The van der Waals surface area contributed by atoms with E-state index < -0.39 is 5.82 Å². The number of hydrogen-bond donors (Lipinski definition) is 1. The molecule has 1 amide bonds. The van der Waals surface area contributed by atoms with Crippen LogP contribution in [0.4, 0.5) is 10.1 Å². The Morgan fingerprint density at radius 1 is 1.33 bits per heavy atom. The summed E-state index contributed by atoms with van der Waals surface area (Å²) in [6.07, 6.45) is 1.93. The second-order valence-electron chi connectivity index (χ2n) is 4.11. The number of hydrogen-bond acceptors (Lipinski definition) is 3. The topological polar surface area (TPSA) is 38.3 Å². The standard InChI is InChI=1S/C15H13BrFNO2S/c1-21-14-5-3-2-4-12(14)18-15(19)9-20-13-7-6-10(16)8-11(13)17/h2-8H,9H2,1H3,(H,18,19). The zero-order valence-corrected chi connectivity index (χ0v) is 13.6. The van der Waals surface area contributed by atoms with Crippen LogP contribution < -0.4 is 10.1 Å². The van der Waals surface area contributed by atoms with Gasteiger partial charge in [0.1, 0.15) is 0 Å². The molecule has 21 heavy (non-hydrogen) atoms. The smallest absolute Gasteiger partial charge is 0.262 e. The molecule has 6 heteroatoms. The number of halogens is 2. The van der Waals surface area contributed by atoms with Gasteiger partial charge in [0.05, 0.1) is 5.69 Å². The van der Waals surface area contributed by atoms with E-state index in [0.717, 1.165) is 10.6 Å². The van der Waals surface area contributed by atoms with Crippen LogP contribution in [0.15, 0.2) is 51.8 Å². The van der Waals surface area contributed by atoms with Gasteiger partial charge in [-0.1, -0.05) is 28.1 Å². The van der Waals surface area contributed by atoms with Gasteiger partial charge in [-0.3, -0.25) is 4.79 Å². The van der Waals surface area contributed by atoms with Gasteiger partial charge in [0.25, 0.3) is 5.91 Å². The normalized spacial score (nSPS) is 10.2. The molecule has 2 rings (SSSR count). The molecule has 0 atom stereocenters. The Bertz CT molecular complexity index is 651. The third-order valence-corrected chi connectivity index (χ3v) is 3.92. The van der Waals surface area contributed by atoms with Gasteiger partial charge in [0, 0.05) is 9.37 Å². The summed E-state index contributed by atoms with van der Waals surface area (Å²) < 4.78 is 19.4. The van der Waals surface area contributed by atoms with Crippen molar-refractivity contribution in [2.45, 2.75) is 4.90 Å². The number of ether oxygens (including phenoxy) is 1. The molecule has 110 valence electrons. The molecule has 0 aliphatic heterocycles. The SMILES string of the molecule is CSc1ccccc1NC(=O)COc1ccc(Br)cc1F. The third-order valence-electron chi connectivity index (χ3n) is 2.63.